The van der Waals surface area contributed by atoms with Crippen LogP contribution in [0.5, 0.6) is 0 Å². The molecule has 12 rings (SSSR count). The van der Waals surface area contributed by atoms with Crippen molar-refractivity contribution in [1.82, 2.24) is 29.1 Å². The van der Waals surface area contributed by atoms with E-state index in [4.69, 9.17) is 24.4 Å². The fraction of sp³-hybridized carbons (Fsp3) is 0. The number of hydrogen-bond acceptors (Lipinski definition) is 5. The van der Waals surface area contributed by atoms with Gasteiger partial charge in [-0.1, -0.05) is 152 Å². The van der Waals surface area contributed by atoms with Crippen molar-refractivity contribution in [2.45, 2.75) is 0 Å². The first-order valence-corrected chi connectivity index (χ1v) is 19.6. The van der Waals surface area contributed by atoms with Gasteiger partial charge in [0, 0.05) is 43.9 Å². The second-order valence-corrected chi connectivity index (χ2v) is 14.7. The largest absolute Gasteiger partial charge is 0.436 e. The minimum absolute atomic E-state index is 0.539. The smallest absolute Gasteiger partial charge is 0.238 e. The Balaban J connectivity index is 1.14. The van der Waals surface area contributed by atoms with Crippen molar-refractivity contribution < 1.29 is 4.42 Å². The number of para-hydroxylation sites is 4. The van der Waals surface area contributed by atoms with E-state index in [-0.39, 0.29) is 0 Å². The van der Waals surface area contributed by atoms with E-state index in [9.17, 15) is 0 Å². The zero-order valence-electron chi connectivity index (χ0n) is 31.6. The number of fused-ring (bicyclic) bond motifs is 8. The highest BCUT2D eigenvalue weighted by Gasteiger charge is 2.24. The van der Waals surface area contributed by atoms with Crippen LogP contribution < -0.4 is 0 Å². The normalized spacial score (nSPS) is 11.7. The molecule has 0 aliphatic heterocycles. The lowest BCUT2D eigenvalue weighted by molar-refractivity contribution is 0.620. The maximum atomic E-state index is 6.27. The summed E-state index contributed by atoms with van der Waals surface area (Å²) in [5, 5.41) is 4.48. The van der Waals surface area contributed by atoms with E-state index >= 15 is 0 Å². The van der Waals surface area contributed by atoms with Crippen LogP contribution in [-0.2, 0) is 0 Å². The lowest BCUT2D eigenvalue weighted by atomic mass is 10.0. The molecule has 4 heterocycles. The molecule has 4 aromatic heterocycles. The van der Waals surface area contributed by atoms with Gasteiger partial charge in [-0.25, -0.2) is 9.97 Å². The first-order valence-electron chi connectivity index (χ1n) is 19.6. The summed E-state index contributed by atoms with van der Waals surface area (Å²) >= 11 is 0. The van der Waals surface area contributed by atoms with Gasteiger partial charge < -0.3 is 8.98 Å². The molecule has 276 valence electrons. The van der Waals surface area contributed by atoms with E-state index in [1.807, 2.05) is 60.7 Å². The molecule has 0 unspecified atom stereocenters. The van der Waals surface area contributed by atoms with Gasteiger partial charge in [0.2, 0.25) is 11.8 Å². The Morgan fingerprint density at radius 3 is 1.58 bits per heavy atom. The summed E-state index contributed by atoms with van der Waals surface area (Å²) in [7, 11) is 0. The Kier molecular flexibility index (Phi) is 7.40. The van der Waals surface area contributed by atoms with E-state index in [0.29, 0.717) is 23.5 Å². The number of oxazole rings is 1. The van der Waals surface area contributed by atoms with Crippen LogP contribution in [0.3, 0.4) is 0 Å². The summed E-state index contributed by atoms with van der Waals surface area (Å²) in [5.74, 6) is 2.31. The average Bonchev–Trinajstić information content (AvgIpc) is 4.00. The summed E-state index contributed by atoms with van der Waals surface area (Å²) < 4.78 is 10.8. The summed E-state index contributed by atoms with van der Waals surface area (Å²) in [5.41, 5.74) is 11.7. The Bertz CT molecular complexity index is 3510. The molecular formula is C52H32N6O. The van der Waals surface area contributed by atoms with Gasteiger partial charge in [0.15, 0.2) is 17.2 Å². The zero-order chi connectivity index (χ0) is 38.9. The number of benzene rings is 8. The third-order valence-corrected chi connectivity index (χ3v) is 11.2. The zero-order valence-corrected chi connectivity index (χ0v) is 31.6. The fourth-order valence-electron chi connectivity index (χ4n) is 8.50. The lowest BCUT2D eigenvalue weighted by Gasteiger charge is -2.14. The van der Waals surface area contributed by atoms with Crippen LogP contribution in [-0.4, -0.2) is 29.1 Å². The monoisotopic (exact) mass is 756 g/mol. The second kappa shape index (κ2) is 13.2. The summed E-state index contributed by atoms with van der Waals surface area (Å²) in [6, 6.07) is 66.9. The topological polar surface area (TPSA) is 74.6 Å². The van der Waals surface area contributed by atoms with Crippen molar-refractivity contribution in [3.63, 3.8) is 0 Å². The summed E-state index contributed by atoms with van der Waals surface area (Å²) in [6.07, 6.45) is 0. The molecule has 0 spiro atoms. The third kappa shape index (κ3) is 5.36. The standard InChI is InChI=1S/C52H32N6O/c1-3-14-33(15-4-1)34-26-28-36(29-27-34)50-54-49(35-16-5-2-6-17-35)55-52(56-50)58-45-24-11-8-21-40(45)42-31-30-41-39-20-7-10-23-44(39)57(47(41)48(42)58)38-19-13-18-37(32-38)51-53-43-22-9-12-25-46(43)59-51/h1-32H. The molecule has 12 aromatic rings. The highest BCUT2D eigenvalue weighted by Crippen LogP contribution is 2.42. The molecule has 0 bridgehead atoms. The average molecular weight is 757 g/mol. The molecule has 0 fully saturated rings. The van der Waals surface area contributed by atoms with Gasteiger partial charge in [-0.2, -0.15) is 9.97 Å². The molecule has 0 amide bonds. The molecule has 0 N–H and O–H groups in total. The highest BCUT2D eigenvalue weighted by atomic mass is 16.3. The number of nitrogens with zero attached hydrogens (tertiary/aromatic N) is 6. The Morgan fingerprint density at radius 1 is 0.356 bits per heavy atom. The summed E-state index contributed by atoms with van der Waals surface area (Å²) in [4.78, 5) is 20.6. The van der Waals surface area contributed by atoms with E-state index in [0.717, 1.165) is 88.2 Å². The number of aromatic nitrogens is 6. The molecule has 0 radical (unpaired) electrons. The van der Waals surface area contributed by atoms with Crippen molar-refractivity contribution in [3.8, 4) is 57.0 Å². The predicted molar refractivity (Wildman–Crippen MR) is 238 cm³/mol. The molecule has 0 aliphatic carbocycles. The Labute approximate surface area is 338 Å². The van der Waals surface area contributed by atoms with Crippen molar-refractivity contribution in [1.29, 1.82) is 0 Å². The van der Waals surface area contributed by atoms with Crippen LogP contribution in [0.25, 0.3) is 112 Å². The van der Waals surface area contributed by atoms with E-state index in [2.05, 4.69) is 143 Å². The minimum atomic E-state index is 0.539. The van der Waals surface area contributed by atoms with Gasteiger partial charge in [-0.05, 0) is 53.6 Å². The Hall–Kier alpha value is -8.16. The molecule has 8 aromatic carbocycles. The van der Waals surface area contributed by atoms with Crippen LogP contribution in [0.4, 0.5) is 0 Å². The van der Waals surface area contributed by atoms with E-state index in [1.165, 1.54) is 0 Å². The van der Waals surface area contributed by atoms with Crippen LogP contribution in [0.1, 0.15) is 0 Å². The van der Waals surface area contributed by atoms with Gasteiger partial charge in [0.05, 0.1) is 22.1 Å². The van der Waals surface area contributed by atoms with Crippen molar-refractivity contribution >= 4 is 54.7 Å². The first kappa shape index (κ1) is 33.0. The van der Waals surface area contributed by atoms with Crippen LogP contribution >= 0.6 is 0 Å². The maximum Gasteiger partial charge on any atom is 0.238 e. The van der Waals surface area contributed by atoms with Gasteiger partial charge in [-0.15, -0.1) is 0 Å². The molecule has 0 saturated heterocycles. The van der Waals surface area contributed by atoms with Crippen molar-refractivity contribution in [3.05, 3.63) is 194 Å². The third-order valence-electron chi connectivity index (χ3n) is 11.2. The Morgan fingerprint density at radius 2 is 0.881 bits per heavy atom. The van der Waals surface area contributed by atoms with Gasteiger partial charge in [-0.3, -0.25) is 4.57 Å². The van der Waals surface area contributed by atoms with Crippen LogP contribution in [0, 0.1) is 0 Å². The lowest BCUT2D eigenvalue weighted by Crippen LogP contribution is -2.07. The first-order chi connectivity index (χ1) is 29.2. The fourth-order valence-corrected chi connectivity index (χ4v) is 8.50. The van der Waals surface area contributed by atoms with Gasteiger partial charge in [0.25, 0.3) is 0 Å². The molecular weight excluding hydrogens is 725 g/mol. The van der Waals surface area contributed by atoms with E-state index < -0.39 is 0 Å². The molecule has 0 aliphatic rings. The molecule has 0 atom stereocenters. The summed E-state index contributed by atoms with van der Waals surface area (Å²) in [6.45, 7) is 0. The SMILES string of the molecule is c1ccc(-c2ccc(-c3nc(-c4ccccc4)nc(-n4c5ccccc5c5ccc6c7ccccc7n(-c7cccc(-c8nc9ccccc9o8)c7)c6c54)n3)cc2)cc1. The quantitative estimate of drug-likeness (QED) is 0.169. The highest BCUT2D eigenvalue weighted by molar-refractivity contribution is 6.23. The molecule has 0 saturated carbocycles. The van der Waals surface area contributed by atoms with Crippen molar-refractivity contribution in [2.24, 2.45) is 0 Å². The predicted octanol–water partition coefficient (Wildman–Crippen LogP) is 12.9. The van der Waals surface area contributed by atoms with Crippen LogP contribution in [0.2, 0.25) is 0 Å². The minimum Gasteiger partial charge on any atom is -0.436 e. The molecule has 7 heteroatoms. The van der Waals surface area contributed by atoms with E-state index in [1.54, 1.807) is 0 Å². The number of rotatable bonds is 6. The van der Waals surface area contributed by atoms with Gasteiger partial charge >= 0.3 is 0 Å². The van der Waals surface area contributed by atoms with Crippen LogP contribution in [0.15, 0.2) is 199 Å². The number of hydrogen-bond donors (Lipinski definition) is 0. The van der Waals surface area contributed by atoms with Gasteiger partial charge in [0.1, 0.15) is 5.52 Å². The molecule has 7 nitrogen and oxygen atoms in total. The molecule has 59 heavy (non-hydrogen) atoms. The van der Waals surface area contributed by atoms with Crippen molar-refractivity contribution in [2.75, 3.05) is 0 Å². The maximum absolute atomic E-state index is 6.27. The second-order valence-electron chi connectivity index (χ2n) is 14.7.